The van der Waals surface area contributed by atoms with Crippen molar-refractivity contribution in [2.75, 3.05) is 19.6 Å². The van der Waals surface area contributed by atoms with Crippen LogP contribution in [0.4, 0.5) is 8.78 Å². The van der Waals surface area contributed by atoms with Crippen LogP contribution in [0.5, 0.6) is 0 Å². The first-order valence-electron chi connectivity index (χ1n) is 6.04. The third-order valence-electron chi connectivity index (χ3n) is 2.41. The molecule has 0 aromatic heterocycles. The Morgan fingerprint density at radius 3 is 2.72 bits per heavy atom. The zero-order valence-electron chi connectivity index (χ0n) is 10.4. The summed E-state index contributed by atoms with van der Waals surface area (Å²) in [5.74, 6) is -1.41. The molecule has 3 nitrogen and oxygen atoms in total. The highest BCUT2D eigenvalue weighted by Gasteiger charge is 2.08. The minimum absolute atomic E-state index is 0.0778. The molecule has 0 saturated carbocycles. The second-order valence-electron chi connectivity index (χ2n) is 4.01. The summed E-state index contributed by atoms with van der Waals surface area (Å²) in [5, 5.41) is 5.77. The molecule has 18 heavy (non-hydrogen) atoms. The second-order valence-corrected chi connectivity index (χ2v) is 4.01. The SMILES string of the molecule is CCCNCCNC(=O)Cc1cc(F)ccc1F. The molecule has 1 aromatic rings. The van der Waals surface area contributed by atoms with E-state index in [0.29, 0.717) is 13.1 Å². The molecule has 0 aliphatic rings. The van der Waals surface area contributed by atoms with Crippen molar-refractivity contribution in [3.63, 3.8) is 0 Å². The standard InChI is InChI=1S/C13H18F2N2O/c1-2-5-16-6-7-17-13(18)9-10-8-11(14)3-4-12(10)15/h3-4,8,16H,2,5-7,9H2,1H3,(H,17,18). The van der Waals surface area contributed by atoms with E-state index in [4.69, 9.17) is 0 Å². The average Bonchev–Trinajstić information content (AvgIpc) is 2.33. The minimum atomic E-state index is -0.560. The average molecular weight is 256 g/mol. The van der Waals surface area contributed by atoms with Crippen molar-refractivity contribution in [2.45, 2.75) is 19.8 Å². The molecule has 1 rings (SSSR count). The zero-order chi connectivity index (χ0) is 13.4. The van der Waals surface area contributed by atoms with E-state index in [2.05, 4.69) is 17.6 Å². The number of hydrogen-bond acceptors (Lipinski definition) is 2. The Hall–Kier alpha value is -1.49. The molecule has 0 radical (unpaired) electrons. The highest BCUT2D eigenvalue weighted by atomic mass is 19.1. The lowest BCUT2D eigenvalue weighted by Crippen LogP contribution is -2.33. The van der Waals surface area contributed by atoms with Gasteiger partial charge < -0.3 is 10.6 Å². The predicted molar refractivity (Wildman–Crippen MR) is 66.2 cm³/mol. The molecule has 0 aliphatic heterocycles. The maximum Gasteiger partial charge on any atom is 0.224 e. The maximum absolute atomic E-state index is 13.3. The molecule has 100 valence electrons. The van der Waals surface area contributed by atoms with Gasteiger partial charge in [0, 0.05) is 18.7 Å². The molecule has 0 saturated heterocycles. The van der Waals surface area contributed by atoms with E-state index in [0.717, 1.165) is 31.2 Å². The summed E-state index contributed by atoms with van der Waals surface area (Å²) in [6, 6.07) is 3.11. The van der Waals surface area contributed by atoms with Gasteiger partial charge in [0.05, 0.1) is 6.42 Å². The van der Waals surface area contributed by atoms with Crippen LogP contribution in [0.3, 0.4) is 0 Å². The van der Waals surface area contributed by atoms with E-state index in [-0.39, 0.29) is 17.9 Å². The van der Waals surface area contributed by atoms with Gasteiger partial charge in [-0.15, -0.1) is 0 Å². The van der Waals surface area contributed by atoms with E-state index >= 15 is 0 Å². The van der Waals surface area contributed by atoms with Gasteiger partial charge in [0.1, 0.15) is 11.6 Å². The summed E-state index contributed by atoms with van der Waals surface area (Å²) in [7, 11) is 0. The van der Waals surface area contributed by atoms with E-state index in [1.165, 1.54) is 0 Å². The molecule has 0 bridgehead atoms. The van der Waals surface area contributed by atoms with Crippen molar-refractivity contribution in [2.24, 2.45) is 0 Å². The Bertz CT molecular complexity index is 397. The lowest BCUT2D eigenvalue weighted by molar-refractivity contribution is -0.120. The number of carbonyl (C=O) groups excluding carboxylic acids is 1. The van der Waals surface area contributed by atoms with Gasteiger partial charge in [-0.05, 0) is 31.2 Å². The topological polar surface area (TPSA) is 41.1 Å². The molecule has 1 amide bonds. The van der Waals surface area contributed by atoms with Crippen molar-refractivity contribution in [3.05, 3.63) is 35.4 Å². The molecule has 0 atom stereocenters. The van der Waals surface area contributed by atoms with Crippen LogP contribution in [-0.4, -0.2) is 25.5 Å². The third-order valence-corrected chi connectivity index (χ3v) is 2.41. The summed E-state index contributed by atoms with van der Waals surface area (Å²) >= 11 is 0. The fraction of sp³-hybridized carbons (Fsp3) is 0.462. The summed E-state index contributed by atoms with van der Waals surface area (Å²) in [5.41, 5.74) is 0.0778. The Morgan fingerprint density at radius 1 is 1.22 bits per heavy atom. The molecule has 0 unspecified atom stereocenters. The molecule has 1 aromatic carbocycles. The van der Waals surface area contributed by atoms with Gasteiger partial charge in [-0.2, -0.15) is 0 Å². The zero-order valence-corrected chi connectivity index (χ0v) is 10.4. The van der Waals surface area contributed by atoms with Crippen molar-refractivity contribution in [3.8, 4) is 0 Å². The summed E-state index contributed by atoms with van der Waals surface area (Å²) < 4.78 is 26.1. The van der Waals surface area contributed by atoms with Crippen LogP contribution in [0.15, 0.2) is 18.2 Å². The minimum Gasteiger partial charge on any atom is -0.355 e. The Morgan fingerprint density at radius 2 is 2.00 bits per heavy atom. The van der Waals surface area contributed by atoms with Crippen LogP contribution < -0.4 is 10.6 Å². The van der Waals surface area contributed by atoms with E-state index in [9.17, 15) is 13.6 Å². The molecular weight excluding hydrogens is 238 g/mol. The van der Waals surface area contributed by atoms with Crippen LogP contribution in [0.1, 0.15) is 18.9 Å². The largest absolute Gasteiger partial charge is 0.355 e. The van der Waals surface area contributed by atoms with Crippen molar-refractivity contribution in [1.82, 2.24) is 10.6 Å². The van der Waals surface area contributed by atoms with Gasteiger partial charge >= 0.3 is 0 Å². The predicted octanol–water partition coefficient (Wildman–Crippen LogP) is 1.62. The Kier molecular flexibility index (Phi) is 6.28. The Labute approximate surface area is 106 Å². The molecule has 0 fully saturated rings. The lowest BCUT2D eigenvalue weighted by Gasteiger charge is -2.07. The fourth-order valence-electron chi connectivity index (χ4n) is 1.51. The number of halogens is 2. The van der Waals surface area contributed by atoms with Crippen LogP contribution in [0.2, 0.25) is 0 Å². The van der Waals surface area contributed by atoms with Gasteiger partial charge in [-0.3, -0.25) is 4.79 Å². The van der Waals surface area contributed by atoms with Gasteiger partial charge in [0.15, 0.2) is 0 Å². The normalized spacial score (nSPS) is 10.4. The maximum atomic E-state index is 13.3. The number of hydrogen-bond donors (Lipinski definition) is 2. The smallest absolute Gasteiger partial charge is 0.224 e. The highest BCUT2D eigenvalue weighted by Crippen LogP contribution is 2.10. The molecule has 0 spiro atoms. The summed E-state index contributed by atoms with van der Waals surface area (Å²) in [6.45, 7) is 4.10. The molecule has 5 heteroatoms. The first-order valence-corrected chi connectivity index (χ1v) is 6.04. The van der Waals surface area contributed by atoms with Crippen molar-refractivity contribution in [1.29, 1.82) is 0 Å². The first kappa shape index (κ1) is 14.6. The Balaban J connectivity index is 2.33. The van der Waals surface area contributed by atoms with E-state index in [1.807, 2.05) is 0 Å². The van der Waals surface area contributed by atoms with Gasteiger partial charge in [0.2, 0.25) is 5.91 Å². The van der Waals surface area contributed by atoms with Crippen LogP contribution in [0, 0.1) is 11.6 Å². The lowest BCUT2D eigenvalue weighted by atomic mass is 10.1. The molecule has 2 N–H and O–H groups in total. The first-order chi connectivity index (χ1) is 8.63. The van der Waals surface area contributed by atoms with E-state index < -0.39 is 11.6 Å². The number of benzene rings is 1. The molecule has 0 heterocycles. The van der Waals surface area contributed by atoms with Gasteiger partial charge in [-0.25, -0.2) is 8.78 Å². The highest BCUT2D eigenvalue weighted by molar-refractivity contribution is 5.78. The number of amides is 1. The van der Waals surface area contributed by atoms with E-state index in [1.54, 1.807) is 0 Å². The van der Waals surface area contributed by atoms with Gasteiger partial charge in [0.25, 0.3) is 0 Å². The quantitative estimate of drug-likeness (QED) is 0.728. The number of rotatable bonds is 7. The number of nitrogens with one attached hydrogen (secondary N) is 2. The molecular formula is C13H18F2N2O. The summed E-state index contributed by atoms with van der Waals surface area (Å²) in [6.07, 6.45) is 0.889. The van der Waals surface area contributed by atoms with Crippen LogP contribution in [0.25, 0.3) is 0 Å². The van der Waals surface area contributed by atoms with Gasteiger partial charge in [-0.1, -0.05) is 6.92 Å². The van der Waals surface area contributed by atoms with Crippen molar-refractivity contribution < 1.29 is 13.6 Å². The summed E-state index contributed by atoms with van der Waals surface area (Å²) in [4.78, 5) is 11.5. The van der Waals surface area contributed by atoms with Crippen molar-refractivity contribution >= 4 is 5.91 Å². The number of carbonyl (C=O) groups is 1. The van der Waals surface area contributed by atoms with Crippen LogP contribution >= 0.6 is 0 Å². The third kappa shape index (κ3) is 5.23. The molecule has 0 aliphatic carbocycles. The fourth-order valence-corrected chi connectivity index (χ4v) is 1.51. The monoisotopic (exact) mass is 256 g/mol. The second kappa shape index (κ2) is 7.76. The van der Waals surface area contributed by atoms with Crippen LogP contribution in [-0.2, 0) is 11.2 Å².